The van der Waals surface area contributed by atoms with E-state index in [1.165, 1.54) is 15.3 Å². The van der Waals surface area contributed by atoms with E-state index >= 15 is 0 Å². The number of rotatable bonds is 3. The number of hydrogen-bond donors (Lipinski definition) is 0. The number of thiazole rings is 1. The zero-order valence-corrected chi connectivity index (χ0v) is 15.0. The molecule has 120 valence electrons. The molecule has 23 heavy (non-hydrogen) atoms. The number of aromatic nitrogens is 3. The van der Waals surface area contributed by atoms with Crippen molar-refractivity contribution in [3.63, 3.8) is 0 Å². The summed E-state index contributed by atoms with van der Waals surface area (Å²) in [5.74, 6) is 1.33. The van der Waals surface area contributed by atoms with Gasteiger partial charge in [0.05, 0.1) is 21.6 Å². The molecule has 1 atom stereocenters. The Bertz CT molecular complexity index is 835. The average Bonchev–Trinajstić information content (AvgIpc) is 3.24. The molecule has 0 saturated carbocycles. The van der Waals surface area contributed by atoms with E-state index in [4.69, 9.17) is 4.42 Å². The van der Waals surface area contributed by atoms with Gasteiger partial charge in [-0.1, -0.05) is 0 Å². The molecule has 0 aliphatic carbocycles. The van der Waals surface area contributed by atoms with Crippen molar-refractivity contribution in [1.29, 1.82) is 0 Å². The van der Waals surface area contributed by atoms with Crippen LogP contribution in [0, 0.1) is 13.8 Å². The van der Waals surface area contributed by atoms with Gasteiger partial charge in [0, 0.05) is 30.3 Å². The number of thiophene rings is 1. The molecule has 0 saturated heterocycles. The van der Waals surface area contributed by atoms with E-state index in [1.807, 2.05) is 18.3 Å². The van der Waals surface area contributed by atoms with Crippen LogP contribution in [-0.2, 0) is 13.0 Å². The third-order valence-corrected chi connectivity index (χ3v) is 6.25. The fourth-order valence-corrected chi connectivity index (χ4v) is 4.74. The van der Waals surface area contributed by atoms with Gasteiger partial charge in [-0.2, -0.15) is 0 Å². The van der Waals surface area contributed by atoms with Crippen LogP contribution in [0.3, 0.4) is 0 Å². The second-order valence-electron chi connectivity index (χ2n) is 5.87. The lowest BCUT2D eigenvalue weighted by Gasteiger charge is -2.30. The standard InChI is InChI=1S/C16H18N4OS2/c1-9(16-19-18-10(2)21-16)20-5-4-14-12(7-20)6-15(23-14)13-8-22-11(3)17-13/h6,8-9H,4-5,7H2,1-3H3. The van der Waals surface area contributed by atoms with E-state index in [0.29, 0.717) is 11.8 Å². The topological polar surface area (TPSA) is 55.1 Å². The largest absolute Gasteiger partial charge is 0.424 e. The Morgan fingerprint density at radius 3 is 2.87 bits per heavy atom. The first-order chi connectivity index (χ1) is 11.1. The molecule has 7 heteroatoms. The molecule has 3 aromatic heterocycles. The molecule has 4 rings (SSSR count). The Hall–Kier alpha value is -1.57. The van der Waals surface area contributed by atoms with Crippen molar-refractivity contribution in [2.24, 2.45) is 0 Å². The van der Waals surface area contributed by atoms with Gasteiger partial charge in [0.2, 0.25) is 11.8 Å². The quantitative estimate of drug-likeness (QED) is 0.718. The lowest BCUT2D eigenvalue weighted by Crippen LogP contribution is -2.32. The Balaban J connectivity index is 1.56. The van der Waals surface area contributed by atoms with Crippen molar-refractivity contribution in [3.05, 3.63) is 38.7 Å². The highest BCUT2D eigenvalue weighted by molar-refractivity contribution is 7.16. The van der Waals surface area contributed by atoms with Gasteiger partial charge in [-0.05, 0) is 31.9 Å². The Morgan fingerprint density at radius 2 is 2.17 bits per heavy atom. The van der Waals surface area contributed by atoms with Gasteiger partial charge < -0.3 is 4.42 Å². The van der Waals surface area contributed by atoms with Crippen LogP contribution in [0.4, 0.5) is 0 Å². The summed E-state index contributed by atoms with van der Waals surface area (Å²) in [5, 5.41) is 11.4. The normalized spacial score (nSPS) is 16.5. The number of nitrogens with zero attached hydrogens (tertiary/aromatic N) is 4. The monoisotopic (exact) mass is 346 g/mol. The van der Waals surface area contributed by atoms with E-state index < -0.39 is 0 Å². The highest BCUT2D eigenvalue weighted by Gasteiger charge is 2.26. The molecule has 0 fully saturated rings. The maximum absolute atomic E-state index is 5.59. The summed E-state index contributed by atoms with van der Waals surface area (Å²) < 4.78 is 5.59. The molecular formula is C16H18N4OS2. The van der Waals surface area contributed by atoms with E-state index in [0.717, 1.165) is 30.2 Å². The highest BCUT2D eigenvalue weighted by atomic mass is 32.1. The van der Waals surface area contributed by atoms with Crippen LogP contribution in [0.25, 0.3) is 10.6 Å². The van der Waals surface area contributed by atoms with Gasteiger partial charge in [0.25, 0.3) is 0 Å². The summed E-state index contributed by atoms with van der Waals surface area (Å²) in [5.41, 5.74) is 2.52. The van der Waals surface area contributed by atoms with E-state index in [1.54, 1.807) is 11.3 Å². The molecule has 0 amide bonds. The molecule has 0 N–H and O–H groups in total. The second-order valence-corrected chi connectivity index (χ2v) is 8.07. The summed E-state index contributed by atoms with van der Waals surface area (Å²) in [6, 6.07) is 2.45. The zero-order valence-electron chi connectivity index (χ0n) is 13.4. The summed E-state index contributed by atoms with van der Waals surface area (Å²) in [6.07, 6.45) is 1.07. The number of hydrogen-bond acceptors (Lipinski definition) is 7. The van der Waals surface area contributed by atoms with Crippen LogP contribution in [-0.4, -0.2) is 26.6 Å². The van der Waals surface area contributed by atoms with Crippen LogP contribution in [0.2, 0.25) is 0 Å². The molecule has 3 aromatic rings. The van der Waals surface area contributed by atoms with Gasteiger partial charge in [-0.3, -0.25) is 4.90 Å². The lowest BCUT2D eigenvalue weighted by atomic mass is 10.1. The molecule has 4 heterocycles. The first-order valence-electron chi connectivity index (χ1n) is 7.68. The Morgan fingerprint density at radius 1 is 1.30 bits per heavy atom. The van der Waals surface area contributed by atoms with Crippen molar-refractivity contribution in [2.75, 3.05) is 6.54 Å². The van der Waals surface area contributed by atoms with Gasteiger partial charge in [-0.15, -0.1) is 32.9 Å². The maximum Gasteiger partial charge on any atom is 0.233 e. The van der Waals surface area contributed by atoms with Gasteiger partial charge in [0.1, 0.15) is 0 Å². The predicted octanol–water partition coefficient (Wildman–Crippen LogP) is 3.99. The van der Waals surface area contributed by atoms with Gasteiger partial charge in [-0.25, -0.2) is 4.98 Å². The fraction of sp³-hybridized carbons (Fsp3) is 0.438. The van der Waals surface area contributed by atoms with Crippen LogP contribution >= 0.6 is 22.7 Å². The SMILES string of the molecule is Cc1nnc(C(C)N2CCc3sc(-c4csc(C)n4)cc3C2)o1. The molecule has 1 aliphatic rings. The fourth-order valence-electron chi connectivity index (χ4n) is 2.93. The zero-order chi connectivity index (χ0) is 16.0. The minimum Gasteiger partial charge on any atom is -0.424 e. The molecule has 1 unspecified atom stereocenters. The van der Waals surface area contributed by atoms with Crippen LogP contribution in [0.5, 0.6) is 0 Å². The van der Waals surface area contributed by atoms with Gasteiger partial charge >= 0.3 is 0 Å². The third kappa shape index (κ3) is 2.84. The lowest BCUT2D eigenvalue weighted by molar-refractivity contribution is 0.166. The average molecular weight is 346 g/mol. The summed E-state index contributed by atoms with van der Waals surface area (Å²) >= 11 is 3.59. The number of fused-ring (bicyclic) bond motifs is 1. The van der Waals surface area contributed by atoms with Crippen molar-refractivity contribution in [2.45, 2.75) is 39.8 Å². The maximum atomic E-state index is 5.59. The third-order valence-electron chi connectivity index (χ3n) is 4.21. The minimum absolute atomic E-state index is 0.147. The summed E-state index contributed by atoms with van der Waals surface area (Å²) in [4.78, 5) is 9.77. The smallest absolute Gasteiger partial charge is 0.233 e. The molecule has 0 spiro atoms. The van der Waals surface area contributed by atoms with Crippen LogP contribution < -0.4 is 0 Å². The summed E-state index contributed by atoms with van der Waals surface area (Å²) in [6.45, 7) is 7.97. The molecular weight excluding hydrogens is 328 g/mol. The first kappa shape index (κ1) is 15.0. The van der Waals surface area contributed by atoms with Crippen LogP contribution in [0.1, 0.15) is 40.2 Å². The molecule has 0 radical (unpaired) electrons. The first-order valence-corrected chi connectivity index (χ1v) is 9.38. The summed E-state index contributed by atoms with van der Waals surface area (Å²) in [7, 11) is 0. The second kappa shape index (κ2) is 5.81. The van der Waals surface area contributed by atoms with E-state index in [-0.39, 0.29) is 6.04 Å². The van der Waals surface area contributed by atoms with Gasteiger partial charge in [0.15, 0.2) is 0 Å². The highest BCUT2D eigenvalue weighted by Crippen LogP contribution is 2.36. The van der Waals surface area contributed by atoms with Crippen molar-refractivity contribution < 1.29 is 4.42 Å². The van der Waals surface area contributed by atoms with Crippen LogP contribution in [0.15, 0.2) is 15.9 Å². The van der Waals surface area contributed by atoms with Crippen molar-refractivity contribution in [1.82, 2.24) is 20.1 Å². The minimum atomic E-state index is 0.147. The van der Waals surface area contributed by atoms with E-state index in [9.17, 15) is 0 Å². The molecule has 0 bridgehead atoms. The predicted molar refractivity (Wildman–Crippen MR) is 91.7 cm³/mol. The Kier molecular flexibility index (Phi) is 3.79. The number of aryl methyl sites for hydroxylation is 2. The van der Waals surface area contributed by atoms with Crippen molar-refractivity contribution >= 4 is 22.7 Å². The van der Waals surface area contributed by atoms with Crippen molar-refractivity contribution in [3.8, 4) is 10.6 Å². The molecule has 0 aromatic carbocycles. The Labute approximate surface area is 143 Å². The molecule has 1 aliphatic heterocycles. The van der Waals surface area contributed by atoms with E-state index in [2.05, 4.69) is 45.4 Å². The molecule has 5 nitrogen and oxygen atoms in total.